The van der Waals surface area contributed by atoms with Gasteiger partial charge in [0.15, 0.2) is 0 Å². The Balaban J connectivity index is 2.00. The smallest absolute Gasteiger partial charge is 0.244 e. The van der Waals surface area contributed by atoms with E-state index in [2.05, 4.69) is 14.7 Å². The number of sulfonamides is 1. The van der Waals surface area contributed by atoms with E-state index in [9.17, 15) is 8.42 Å². The Bertz CT molecular complexity index is 576. The second-order valence-corrected chi connectivity index (χ2v) is 6.87. The van der Waals surface area contributed by atoms with Crippen molar-refractivity contribution in [2.45, 2.75) is 32.2 Å². The first kappa shape index (κ1) is 16.4. The molecule has 0 atom stereocenters. The second-order valence-electron chi connectivity index (χ2n) is 5.17. The van der Waals surface area contributed by atoms with Crippen LogP contribution in [0.15, 0.2) is 4.90 Å². The van der Waals surface area contributed by atoms with Gasteiger partial charge < -0.3 is 4.74 Å². The fourth-order valence-electron chi connectivity index (χ4n) is 2.61. The van der Waals surface area contributed by atoms with Crippen molar-refractivity contribution in [2.24, 2.45) is 0 Å². The zero-order valence-electron chi connectivity index (χ0n) is 12.9. The summed E-state index contributed by atoms with van der Waals surface area (Å²) in [6.45, 7) is 10.4. The fourth-order valence-corrected chi connectivity index (χ4v) is 4.04. The first-order chi connectivity index (χ1) is 9.95. The first-order valence-electron chi connectivity index (χ1n) is 7.29. The predicted molar refractivity (Wildman–Crippen MR) is 79.8 cm³/mol. The highest BCUT2D eigenvalue weighted by molar-refractivity contribution is 7.89. The molecule has 0 aromatic carbocycles. The van der Waals surface area contributed by atoms with Crippen molar-refractivity contribution in [1.29, 1.82) is 0 Å². The highest BCUT2D eigenvalue weighted by Gasteiger charge is 2.24. The van der Waals surface area contributed by atoms with Gasteiger partial charge in [-0.05, 0) is 20.8 Å². The van der Waals surface area contributed by atoms with E-state index in [-0.39, 0.29) is 0 Å². The van der Waals surface area contributed by atoms with Crippen LogP contribution in [0.25, 0.3) is 0 Å². The molecule has 1 aromatic heterocycles. The Morgan fingerprint density at radius 2 is 1.95 bits per heavy atom. The molecule has 7 nitrogen and oxygen atoms in total. The van der Waals surface area contributed by atoms with Crippen LogP contribution in [0.2, 0.25) is 0 Å². The molecule has 8 heteroatoms. The van der Waals surface area contributed by atoms with Crippen LogP contribution in [-0.2, 0) is 21.3 Å². The zero-order chi connectivity index (χ0) is 15.5. The molecule has 0 saturated carbocycles. The summed E-state index contributed by atoms with van der Waals surface area (Å²) in [4.78, 5) is 2.51. The van der Waals surface area contributed by atoms with Gasteiger partial charge in [0, 0.05) is 32.7 Å². The average molecular weight is 316 g/mol. The molecule has 1 aliphatic heterocycles. The molecule has 2 heterocycles. The van der Waals surface area contributed by atoms with Gasteiger partial charge in [-0.1, -0.05) is 0 Å². The van der Waals surface area contributed by atoms with Crippen LogP contribution < -0.4 is 4.72 Å². The minimum Gasteiger partial charge on any atom is -0.379 e. The quantitative estimate of drug-likeness (QED) is 0.807. The number of morpholine rings is 1. The van der Waals surface area contributed by atoms with Crippen molar-refractivity contribution in [1.82, 2.24) is 19.4 Å². The summed E-state index contributed by atoms with van der Waals surface area (Å²) >= 11 is 0. The Labute approximate surface area is 126 Å². The second kappa shape index (κ2) is 6.87. The maximum atomic E-state index is 12.4. The maximum Gasteiger partial charge on any atom is 0.244 e. The number of aromatic nitrogens is 2. The summed E-state index contributed by atoms with van der Waals surface area (Å²) in [6, 6.07) is 0. The molecule has 2 rings (SSSR count). The minimum atomic E-state index is -3.50. The van der Waals surface area contributed by atoms with Gasteiger partial charge in [0.05, 0.1) is 24.6 Å². The maximum absolute atomic E-state index is 12.4. The van der Waals surface area contributed by atoms with Crippen LogP contribution in [0.4, 0.5) is 0 Å². The lowest BCUT2D eigenvalue weighted by atomic mass is 10.4. The Morgan fingerprint density at radius 3 is 2.52 bits per heavy atom. The third-order valence-corrected chi connectivity index (χ3v) is 5.42. The lowest BCUT2D eigenvalue weighted by Crippen LogP contribution is -2.41. The molecular formula is C13H24N4O3S. The third-order valence-electron chi connectivity index (χ3n) is 3.71. The SMILES string of the molecule is CCn1nc(C)c(S(=O)(=O)NCCN2CCOCC2)c1C. The summed E-state index contributed by atoms with van der Waals surface area (Å²) in [5, 5.41) is 4.26. The normalized spacial score (nSPS) is 17.3. The molecule has 0 amide bonds. The van der Waals surface area contributed by atoms with Gasteiger partial charge in [0.1, 0.15) is 4.90 Å². The van der Waals surface area contributed by atoms with Crippen molar-refractivity contribution in [2.75, 3.05) is 39.4 Å². The highest BCUT2D eigenvalue weighted by Crippen LogP contribution is 2.18. The van der Waals surface area contributed by atoms with E-state index in [1.807, 2.05) is 6.92 Å². The van der Waals surface area contributed by atoms with Gasteiger partial charge in [-0.25, -0.2) is 13.1 Å². The van der Waals surface area contributed by atoms with Gasteiger partial charge in [-0.3, -0.25) is 9.58 Å². The van der Waals surface area contributed by atoms with Crippen LogP contribution >= 0.6 is 0 Å². The molecule has 0 aliphatic carbocycles. The van der Waals surface area contributed by atoms with Crippen molar-refractivity contribution in [3.8, 4) is 0 Å². The highest BCUT2D eigenvalue weighted by atomic mass is 32.2. The van der Waals surface area contributed by atoms with Crippen molar-refractivity contribution < 1.29 is 13.2 Å². The minimum absolute atomic E-state index is 0.311. The van der Waals surface area contributed by atoms with Gasteiger partial charge in [0.2, 0.25) is 10.0 Å². The molecule has 0 bridgehead atoms. The number of hydrogen-bond acceptors (Lipinski definition) is 5. The molecule has 0 radical (unpaired) electrons. The fraction of sp³-hybridized carbons (Fsp3) is 0.769. The van der Waals surface area contributed by atoms with Crippen LogP contribution in [0, 0.1) is 13.8 Å². The third kappa shape index (κ3) is 3.82. The largest absolute Gasteiger partial charge is 0.379 e. The van der Waals surface area contributed by atoms with Crippen molar-refractivity contribution >= 4 is 10.0 Å². The Hall–Kier alpha value is -0.960. The number of nitrogens with one attached hydrogen (secondary N) is 1. The van der Waals surface area contributed by atoms with E-state index in [1.165, 1.54) is 0 Å². The van der Waals surface area contributed by atoms with E-state index in [0.717, 1.165) is 13.1 Å². The van der Waals surface area contributed by atoms with Crippen LogP contribution in [0.3, 0.4) is 0 Å². The molecule has 1 N–H and O–H groups in total. The van der Waals surface area contributed by atoms with E-state index in [1.54, 1.807) is 18.5 Å². The van der Waals surface area contributed by atoms with Gasteiger partial charge in [0.25, 0.3) is 0 Å². The zero-order valence-corrected chi connectivity index (χ0v) is 13.7. The average Bonchev–Trinajstić information content (AvgIpc) is 2.74. The van der Waals surface area contributed by atoms with E-state index < -0.39 is 10.0 Å². The van der Waals surface area contributed by atoms with Crippen molar-refractivity contribution in [3.05, 3.63) is 11.4 Å². The van der Waals surface area contributed by atoms with Crippen LogP contribution in [-0.4, -0.2) is 62.5 Å². The van der Waals surface area contributed by atoms with Crippen LogP contribution in [0.5, 0.6) is 0 Å². The molecule has 0 spiro atoms. The van der Waals surface area contributed by atoms with Crippen molar-refractivity contribution in [3.63, 3.8) is 0 Å². The van der Waals surface area contributed by atoms with E-state index in [4.69, 9.17) is 4.74 Å². The number of nitrogens with zero attached hydrogens (tertiary/aromatic N) is 3. The lowest BCUT2D eigenvalue weighted by molar-refractivity contribution is 0.0390. The molecule has 1 aliphatic rings. The monoisotopic (exact) mass is 316 g/mol. The van der Waals surface area contributed by atoms with Crippen LogP contribution in [0.1, 0.15) is 18.3 Å². The summed E-state index contributed by atoms with van der Waals surface area (Å²) < 4.78 is 34.5. The van der Waals surface area contributed by atoms with E-state index >= 15 is 0 Å². The first-order valence-corrected chi connectivity index (χ1v) is 8.77. The number of rotatable bonds is 6. The van der Waals surface area contributed by atoms with Gasteiger partial charge in [-0.2, -0.15) is 5.10 Å². The summed E-state index contributed by atoms with van der Waals surface area (Å²) in [5.74, 6) is 0. The summed E-state index contributed by atoms with van der Waals surface area (Å²) in [5.41, 5.74) is 1.24. The number of hydrogen-bond donors (Lipinski definition) is 1. The Morgan fingerprint density at radius 1 is 1.29 bits per heavy atom. The molecule has 1 fully saturated rings. The molecule has 120 valence electrons. The topological polar surface area (TPSA) is 76.5 Å². The summed E-state index contributed by atoms with van der Waals surface area (Å²) in [7, 11) is -3.50. The Kier molecular flexibility index (Phi) is 5.37. The summed E-state index contributed by atoms with van der Waals surface area (Å²) in [6.07, 6.45) is 0. The lowest BCUT2D eigenvalue weighted by Gasteiger charge is -2.26. The predicted octanol–water partition coefficient (Wildman–Crippen LogP) is 0.130. The standard InChI is InChI=1S/C13H24N4O3S/c1-4-17-12(3)13(11(2)15-17)21(18,19)14-5-6-16-7-9-20-10-8-16/h14H,4-10H2,1-3H3. The van der Waals surface area contributed by atoms with Gasteiger partial charge in [-0.15, -0.1) is 0 Å². The number of ether oxygens (including phenoxy) is 1. The molecular weight excluding hydrogens is 292 g/mol. The number of aryl methyl sites for hydroxylation is 2. The molecule has 1 aromatic rings. The van der Waals surface area contributed by atoms with E-state index in [0.29, 0.717) is 49.1 Å². The van der Waals surface area contributed by atoms with Gasteiger partial charge >= 0.3 is 0 Å². The molecule has 0 unspecified atom stereocenters. The molecule has 21 heavy (non-hydrogen) atoms. The molecule has 1 saturated heterocycles.